The van der Waals surface area contributed by atoms with Crippen LogP contribution in [0, 0.1) is 11.8 Å². The first-order valence-electron chi connectivity index (χ1n) is 11.4. The molecule has 6 rings (SSSR count). The van der Waals surface area contributed by atoms with Gasteiger partial charge in [0, 0.05) is 17.0 Å². The third-order valence-electron chi connectivity index (χ3n) is 7.92. The monoisotopic (exact) mass is 450 g/mol. The molecular formula is C27H25F3N2O. The summed E-state index contributed by atoms with van der Waals surface area (Å²) in [5.41, 5.74) is 1.20. The normalized spacial score (nSPS) is 29.2. The Morgan fingerprint density at radius 3 is 2.64 bits per heavy atom. The van der Waals surface area contributed by atoms with Gasteiger partial charge in [-0.2, -0.15) is 13.2 Å². The van der Waals surface area contributed by atoms with Gasteiger partial charge in [-0.05, 0) is 54.5 Å². The van der Waals surface area contributed by atoms with Gasteiger partial charge < -0.3 is 4.74 Å². The first-order valence-corrected chi connectivity index (χ1v) is 11.4. The summed E-state index contributed by atoms with van der Waals surface area (Å²) < 4.78 is 47.8. The highest BCUT2D eigenvalue weighted by molar-refractivity contribution is 5.83. The van der Waals surface area contributed by atoms with E-state index in [9.17, 15) is 13.2 Å². The number of piperidine rings is 1. The van der Waals surface area contributed by atoms with Gasteiger partial charge in [-0.15, -0.1) is 6.58 Å². The molecule has 1 spiro atoms. The number of halogens is 3. The Bertz CT molecular complexity index is 1210. The van der Waals surface area contributed by atoms with Crippen LogP contribution < -0.4 is 0 Å². The SMILES string of the molecule is C=CC1C2CCN3C([C@H](OCc4ccccc4)c4cc(C(F)(F)F)nc5ccccc45)CC123. The standard InChI is InChI=1S/C27H25F3N2O/c1-2-20-21-12-13-32-23(15-26(20,21)32)25(33-16-17-8-4-3-5-9-17)19-14-24(27(28,29)30)31-22-11-7-6-10-18(19)22/h2-11,14,20-21,23,25H,1,12-13,15-16H2/t20?,21?,23?,25-,26?/m1/s1. The summed E-state index contributed by atoms with van der Waals surface area (Å²) in [4.78, 5) is 6.39. The minimum atomic E-state index is -4.52. The van der Waals surface area contributed by atoms with E-state index in [4.69, 9.17) is 4.74 Å². The van der Waals surface area contributed by atoms with Gasteiger partial charge in [-0.25, -0.2) is 4.98 Å². The predicted octanol–water partition coefficient (Wildman–Crippen LogP) is 6.16. The molecule has 2 aromatic carbocycles. The van der Waals surface area contributed by atoms with Crippen LogP contribution in [-0.4, -0.2) is 28.0 Å². The fraction of sp³-hybridized carbons (Fsp3) is 0.370. The Balaban J connectivity index is 1.42. The molecule has 3 aliphatic rings. The second-order valence-electron chi connectivity index (χ2n) is 9.44. The van der Waals surface area contributed by atoms with Gasteiger partial charge >= 0.3 is 6.18 Å². The van der Waals surface area contributed by atoms with Gasteiger partial charge in [-0.3, -0.25) is 4.90 Å². The van der Waals surface area contributed by atoms with Crippen molar-refractivity contribution in [1.29, 1.82) is 0 Å². The maximum Gasteiger partial charge on any atom is 0.433 e. The van der Waals surface area contributed by atoms with E-state index in [-0.39, 0.29) is 11.6 Å². The molecule has 0 amide bonds. The zero-order valence-corrected chi connectivity index (χ0v) is 18.1. The van der Waals surface area contributed by atoms with Crippen molar-refractivity contribution < 1.29 is 17.9 Å². The van der Waals surface area contributed by atoms with Gasteiger partial charge in [0.25, 0.3) is 0 Å². The maximum absolute atomic E-state index is 13.8. The van der Waals surface area contributed by atoms with E-state index in [0.717, 1.165) is 30.3 Å². The van der Waals surface area contributed by atoms with Crippen LogP contribution >= 0.6 is 0 Å². The minimum absolute atomic E-state index is 0.0375. The number of benzene rings is 2. The number of fused-ring (bicyclic) bond motifs is 1. The van der Waals surface area contributed by atoms with Crippen molar-refractivity contribution in [2.75, 3.05) is 6.54 Å². The van der Waals surface area contributed by atoms with Crippen molar-refractivity contribution in [3.05, 3.63) is 90.1 Å². The largest absolute Gasteiger partial charge is 0.433 e. The number of pyridine rings is 1. The Morgan fingerprint density at radius 1 is 1.15 bits per heavy atom. The average molecular weight is 451 g/mol. The molecule has 0 bridgehead atoms. The van der Waals surface area contributed by atoms with Crippen LogP contribution in [-0.2, 0) is 17.5 Å². The van der Waals surface area contributed by atoms with Crippen molar-refractivity contribution in [1.82, 2.24) is 9.88 Å². The number of hydrogen-bond donors (Lipinski definition) is 0. The summed E-state index contributed by atoms with van der Waals surface area (Å²) in [7, 11) is 0. The Kier molecular flexibility index (Phi) is 4.68. The van der Waals surface area contributed by atoms with Crippen molar-refractivity contribution in [3.63, 3.8) is 0 Å². The van der Waals surface area contributed by atoms with Gasteiger partial charge in [0.05, 0.1) is 18.2 Å². The molecule has 3 nitrogen and oxygen atoms in total. The Hall–Kier alpha value is -2.70. The lowest BCUT2D eigenvalue weighted by atomic mass is 9.82. The fourth-order valence-electron chi connectivity index (χ4n) is 6.46. The van der Waals surface area contributed by atoms with E-state index in [1.165, 1.54) is 6.07 Å². The summed E-state index contributed by atoms with van der Waals surface area (Å²) in [6.45, 7) is 5.31. The summed E-state index contributed by atoms with van der Waals surface area (Å²) in [6, 6.07) is 18.1. The molecule has 3 aromatic rings. The predicted molar refractivity (Wildman–Crippen MR) is 120 cm³/mol. The highest BCUT2D eigenvalue weighted by atomic mass is 19.4. The summed E-state index contributed by atoms with van der Waals surface area (Å²) in [5.74, 6) is 1.11. The van der Waals surface area contributed by atoms with Crippen LogP contribution in [0.1, 0.15) is 35.8 Å². The number of aromatic nitrogens is 1. The minimum Gasteiger partial charge on any atom is -0.367 e. The van der Waals surface area contributed by atoms with Crippen LogP contribution in [0.15, 0.2) is 73.3 Å². The fourth-order valence-corrected chi connectivity index (χ4v) is 6.46. The highest BCUT2D eigenvalue weighted by Crippen LogP contribution is 2.71. The van der Waals surface area contributed by atoms with E-state index >= 15 is 0 Å². The maximum atomic E-state index is 13.8. The van der Waals surface area contributed by atoms with Crippen molar-refractivity contribution in [2.24, 2.45) is 11.8 Å². The van der Waals surface area contributed by atoms with E-state index in [1.807, 2.05) is 42.5 Å². The lowest BCUT2D eigenvalue weighted by molar-refractivity contribution is -0.141. The van der Waals surface area contributed by atoms with Gasteiger partial charge in [0.2, 0.25) is 0 Å². The molecule has 3 heterocycles. The molecule has 6 heteroatoms. The molecule has 5 atom stereocenters. The molecule has 33 heavy (non-hydrogen) atoms. The molecule has 0 radical (unpaired) electrons. The number of alkyl halides is 3. The number of nitrogens with zero attached hydrogens (tertiary/aromatic N) is 2. The van der Waals surface area contributed by atoms with Crippen LogP contribution in [0.5, 0.6) is 0 Å². The quantitative estimate of drug-likeness (QED) is 0.421. The van der Waals surface area contributed by atoms with Crippen molar-refractivity contribution in [3.8, 4) is 0 Å². The summed E-state index contributed by atoms with van der Waals surface area (Å²) in [6.07, 6.45) is -0.909. The zero-order valence-electron chi connectivity index (χ0n) is 18.1. The molecule has 1 aliphatic carbocycles. The smallest absolute Gasteiger partial charge is 0.367 e. The van der Waals surface area contributed by atoms with Crippen LogP contribution in [0.3, 0.4) is 0 Å². The number of hydrogen-bond acceptors (Lipinski definition) is 3. The topological polar surface area (TPSA) is 25.4 Å². The molecule has 4 unspecified atom stereocenters. The van der Waals surface area contributed by atoms with Crippen LogP contribution in [0.25, 0.3) is 10.9 Å². The first kappa shape index (κ1) is 20.9. The number of ether oxygens (including phenoxy) is 1. The molecular weight excluding hydrogens is 425 g/mol. The molecule has 2 aliphatic heterocycles. The van der Waals surface area contributed by atoms with E-state index in [0.29, 0.717) is 29.5 Å². The van der Waals surface area contributed by atoms with E-state index < -0.39 is 18.0 Å². The van der Waals surface area contributed by atoms with Gasteiger partial charge in [-0.1, -0.05) is 54.6 Å². The Labute approximate surface area is 190 Å². The second-order valence-corrected chi connectivity index (χ2v) is 9.44. The zero-order chi connectivity index (χ0) is 22.8. The third kappa shape index (κ3) is 3.15. The number of para-hydroxylation sites is 1. The average Bonchev–Trinajstić information content (AvgIpc) is 3.37. The van der Waals surface area contributed by atoms with Crippen molar-refractivity contribution >= 4 is 10.9 Å². The first-order chi connectivity index (χ1) is 15.9. The molecule has 2 saturated heterocycles. The third-order valence-corrected chi connectivity index (χ3v) is 7.92. The molecule has 1 saturated carbocycles. The Morgan fingerprint density at radius 2 is 1.91 bits per heavy atom. The van der Waals surface area contributed by atoms with Gasteiger partial charge in [0.1, 0.15) is 5.69 Å². The number of rotatable bonds is 6. The van der Waals surface area contributed by atoms with Crippen LogP contribution in [0.2, 0.25) is 0 Å². The molecule has 0 N–H and O–H groups in total. The summed E-state index contributed by atoms with van der Waals surface area (Å²) in [5, 5.41) is 0.719. The van der Waals surface area contributed by atoms with E-state index in [2.05, 4.69) is 22.5 Å². The van der Waals surface area contributed by atoms with Gasteiger partial charge in [0.15, 0.2) is 0 Å². The lowest BCUT2D eigenvalue weighted by Gasteiger charge is -2.52. The van der Waals surface area contributed by atoms with E-state index in [1.54, 1.807) is 12.1 Å². The second kappa shape index (κ2) is 7.40. The van der Waals surface area contributed by atoms with Crippen molar-refractivity contribution in [2.45, 2.75) is 43.3 Å². The highest BCUT2D eigenvalue weighted by Gasteiger charge is 2.76. The van der Waals surface area contributed by atoms with Crippen LogP contribution in [0.4, 0.5) is 13.2 Å². The molecule has 170 valence electrons. The lowest BCUT2D eigenvalue weighted by Crippen LogP contribution is -2.60. The molecule has 1 aromatic heterocycles. The molecule has 3 fully saturated rings. The summed E-state index contributed by atoms with van der Waals surface area (Å²) >= 11 is 0.